The summed E-state index contributed by atoms with van der Waals surface area (Å²) in [6.07, 6.45) is 0. The Morgan fingerprint density at radius 1 is 1.13 bits per heavy atom. The van der Waals surface area contributed by atoms with Crippen molar-refractivity contribution in [3.05, 3.63) is 65.5 Å². The largest absolute Gasteiger partial charge is 0.295 e. The van der Waals surface area contributed by atoms with E-state index in [0.717, 1.165) is 0 Å². The maximum absolute atomic E-state index is 13.4. The van der Waals surface area contributed by atoms with Gasteiger partial charge in [-0.2, -0.15) is 4.72 Å². The van der Waals surface area contributed by atoms with Gasteiger partial charge in [-0.05, 0) is 31.2 Å². The minimum absolute atomic E-state index is 0.0372. The van der Waals surface area contributed by atoms with Gasteiger partial charge in [-0.15, -0.1) is 0 Å². The molecular weight excluding hydrogens is 317 g/mol. The minimum Gasteiger partial charge on any atom is -0.295 e. The van der Waals surface area contributed by atoms with Gasteiger partial charge in [0.15, 0.2) is 5.78 Å². The third kappa shape index (κ3) is 4.49. The number of hydrogen-bond donors (Lipinski definition) is 1. The molecule has 0 bridgehead atoms. The number of halogens is 1. The number of benzene rings is 2. The van der Waals surface area contributed by atoms with E-state index in [1.165, 1.54) is 43.3 Å². The summed E-state index contributed by atoms with van der Waals surface area (Å²) in [6, 6.07) is 11.6. The van der Waals surface area contributed by atoms with E-state index in [2.05, 4.69) is 16.6 Å². The highest BCUT2D eigenvalue weighted by Gasteiger charge is 2.13. The molecule has 0 spiro atoms. The van der Waals surface area contributed by atoms with Gasteiger partial charge in [-0.1, -0.05) is 36.1 Å². The molecule has 0 saturated carbocycles. The second-order valence-electron chi connectivity index (χ2n) is 4.69. The van der Waals surface area contributed by atoms with Crippen LogP contribution in [0.25, 0.3) is 0 Å². The molecule has 0 radical (unpaired) electrons. The highest BCUT2D eigenvalue weighted by molar-refractivity contribution is 7.89. The second-order valence-corrected chi connectivity index (χ2v) is 6.45. The van der Waals surface area contributed by atoms with Gasteiger partial charge in [0.05, 0.1) is 17.0 Å². The minimum atomic E-state index is -3.72. The zero-order chi connectivity index (χ0) is 16.9. The molecule has 0 unspecified atom stereocenters. The molecule has 1 N–H and O–H groups in total. The van der Waals surface area contributed by atoms with E-state index in [1.54, 1.807) is 12.1 Å². The number of ketones is 1. The standard InChI is InChI=1S/C17H14FNO3S/c1-13(20)14-8-10-16(11-9-14)23(21,22)19-12-4-6-15-5-2-3-7-17(15)18/h2-3,5,7-11,19H,12H2,1H3. The van der Waals surface area contributed by atoms with E-state index in [-0.39, 0.29) is 22.8 Å². The van der Waals surface area contributed by atoms with Crippen LogP contribution in [-0.2, 0) is 10.0 Å². The van der Waals surface area contributed by atoms with Crippen molar-refractivity contribution in [3.63, 3.8) is 0 Å². The lowest BCUT2D eigenvalue weighted by atomic mass is 10.2. The molecule has 2 aromatic rings. The molecule has 0 amide bonds. The van der Waals surface area contributed by atoms with Gasteiger partial charge in [0.25, 0.3) is 0 Å². The van der Waals surface area contributed by atoms with E-state index in [4.69, 9.17) is 0 Å². The first-order chi connectivity index (χ1) is 10.9. The van der Waals surface area contributed by atoms with Gasteiger partial charge in [0.2, 0.25) is 10.0 Å². The Bertz CT molecular complexity index is 878. The lowest BCUT2D eigenvalue weighted by Crippen LogP contribution is -2.24. The third-order valence-corrected chi connectivity index (χ3v) is 4.44. The third-order valence-electron chi connectivity index (χ3n) is 3.02. The summed E-state index contributed by atoms with van der Waals surface area (Å²) in [5.41, 5.74) is 0.640. The quantitative estimate of drug-likeness (QED) is 0.691. The molecule has 4 nitrogen and oxygen atoms in total. The van der Waals surface area contributed by atoms with Gasteiger partial charge in [-0.3, -0.25) is 4.79 Å². The highest BCUT2D eigenvalue weighted by Crippen LogP contribution is 2.10. The van der Waals surface area contributed by atoms with Crippen LogP contribution in [-0.4, -0.2) is 20.7 Å². The van der Waals surface area contributed by atoms with Crippen LogP contribution in [0.1, 0.15) is 22.8 Å². The van der Waals surface area contributed by atoms with E-state index in [0.29, 0.717) is 5.56 Å². The van der Waals surface area contributed by atoms with Crippen molar-refractivity contribution >= 4 is 15.8 Å². The smallest absolute Gasteiger partial charge is 0.241 e. The Hall–Kier alpha value is -2.49. The number of carbonyl (C=O) groups is 1. The lowest BCUT2D eigenvalue weighted by molar-refractivity contribution is 0.101. The van der Waals surface area contributed by atoms with E-state index in [9.17, 15) is 17.6 Å². The summed E-state index contributed by atoms with van der Waals surface area (Å²) >= 11 is 0. The van der Waals surface area contributed by atoms with Crippen molar-refractivity contribution in [2.24, 2.45) is 0 Å². The van der Waals surface area contributed by atoms with Gasteiger partial charge in [-0.25, -0.2) is 12.8 Å². The van der Waals surface area contributed by atoms with Crippen molar-refractivity contribution < 1.29 is 17.6 Å². The van der Waals surface area contributed by atoms with E-state index in [1.807, 2.05) is 0 Å². The zero-order valence-electron chi connectivity index (χ0n) is 12.3. The van der Waals surface area contributed by atoms with Gasteiger partial charge in [0.1, 0.15) is 5.82 Å². The predicted octanol–water partition coefficient (Wildman–Crippen LogP) is 2.36. The zero-order valence-corrected chi connectivity index (χ0v) is 13.2. The van der Waals surface area contributed by atoms with Crippen LogP contribution in [0.15, 0.2) is 53.4 Å². The molecule has 2 aromatic carbocycles. The summed E-state index contributed by atoms with van der Waals surface area (Å²) in [6.45, 7) is 1.26. The van der Waals surface area contributed by atoms with E-state index >= 15 is 0 Å². The van der Waals surface area contributed by atoms with Gasteiger partial charge in [0, 0.05) is 5.56 Å². The molecule has 0 aromatic heterocycles. The van der Waals surface area contributed by atoms with Crippen LogP contribution in [0.4, 0.5) is 4.39 Å². The molecule has 0 fully saturated rings. The van der Waals surface area contributed by atoms with E-state index < -0.39 is 15.8 Å². The summed E-state index contributed by atoms with van der Waals surface area (Å²) in [4.78, 5) is 11.2. The fourth-order valence-corrected chi connectivity index (χ4v) is 2.71. The topological polar surface area (TPSA) is 63.2 Å². The van der Waals surface area contributed by atoms with Gasteiger partial charge >= 0.3 is 0 Å². The Balaban J connectivity index is 2.05. The van der Waals surface area contributed by atoms with Crippen LogP contribution >= 0.6 is 0 Å². The average molecular weight is 331 g/mol. The number of hydrogen-bond acceptors (Lipinski definition) is 3. The number of nitrogens with one attached hydrogen (secondary N) is 1. The molecule has 23 heavy (non-hydrogen) atoms. The number of Topliss-reactive ketones (excluding diaryl/α,β-unsaturated/α-hetero) is 1. The fourth-order valence-electron chi connectivity index (χ4n) is 1.79. The molecular formula is C17H14FNO3S. The fraction of sp³-hybridized carbons (Fsp3) is 0.118. The molecule has 0 aliphatic carbocycles. The molecule has 0 aliphatic heterocycles. The molecule has 118 valence electrons. The summed E-state index contributed by atoms with van der Waals surface area (Å²) in [5, 5.41) is 0. The van der Waals surface area contributed by atoms with Crippen molar-refractivity contribution in [2.75, 3.05) is 6.54 Å². The Morgan fingerprint density at radius 2 is 1.78 bits per heavy atom. The van der Waals surface area contributed by atoms with Crippen molar-refractivity contribution in [1.29, 1.82) is 0 Å². The maximum Gasteiger partial charge on any atom is 0.241 e. The normalized spacial score (nSPS) is 10.7. The second kappa shape index (κ2) is 7.18. The molecule has 0 heterocycles. The lowest BCUT2D eigenvalue weighted by Gasteiger charge is -2.04. The first-order valence-corrected chi connectivity index (χ1v) is 8.22. The Morgan fingerprint density at radius 3 is 2.39 bits per heavy atom. The van der Waals surface area contributed by atoms with Crippen molar-refractivity contribution in [2.45, 2.75) is 11.8 Å². The number of sulfonamides is 1. The molecule has 0 saturated heterocycles. The van der Waals surface area contributed by atoms with Crippen LogP contribution in [0.5, 0.6) is 0 Å². The average Bonchev–Trinajstić information content (AvgIpc) is 2.53. The number of rotatable bonds is 4. The Kier molecular flexibility index (Phi) is 5.27. The highest BCUT2D eigenvalue weighted by atomic mass is 32.2. The van der Waals surface area contributed by atoms with Crippen LogP contribution < -0.4 is 4.72 Å². The number of carbonyl (C=O) groups excluding carboxylic acids is 1. The van der Waals surface area contributed by atoms with Crippen LogP contribution in [0.2, 0.25) is 0 Å². The molecule has 0 aliphatic rings. The molecule has 0 atom stereocenters. The van der Waals surface area contributed by atoms with Crippen molar-refractivity contribution in [1.82, 2.24) is 4.72 Å². The first kappa shape index (κ1) is 16.9. The van der Waals surface area contributed by atoms with Crippen LogP contribution in [0, 0.1) is 17.7 Å². The first-order valence-electron chi connectivity index (χ1n) is 6.74. The van der Waals surface area contributed by atoms with Gasteiger partial charge < -0.3 is 0 Å². The van der Waals surface area contributed by atoms with Crippen LogP contribution in [0.3, 0.4) is 0 Å². The molecule has 6 heteroatoms. The SMILES string of the molecule is CC(=O)c1ccc(S(=O)(=O)NCC#Cc2ccccc2F)cc1. The summed E-state index contributed by atoms with van der Waals surface area (Å²) in [5.74, 6) is 4.53. The molecule has 2 rings (SSSR count). The predicted molar refractivity (Wildman–Crippen MR) is 84.9 cm³/mol. The monoisotopic (exact) mass is 331 g/mol. The maximum atomic E-state index is 13.4. The Labute approximate surface area is 134 Å². The van der Waals surface area contributed by atoms with Crippen molar-refractivity contribution in [3.8, 4) is 11.8 Å². The summed E-state index contributed by atoms with van der Waals surface area (Å²) < 4.78 is 39.8. The summed E-state index contributed by atoms with van der Waals surface area (Å²) in [7, 11) is -3.72.